The van der Waals surface area contributed by atoms with E-state index in [1.54, 1.807) is 12.4 Å². The summed E-state index contributed by atoms with van der Waals surface area (Å²) in [7, 11) is 1.42. The predicted octanol–water partition coefficient (Wildman–Crippen LogP) is 8.12. The summed E-state index contributed by atoms with van der Waals surface area (Å²) in [5.41, 5.74) is 15.8. The van der Waals surface area contributed by atoms with Gasteiger partial charge in [-0.05, 0) is 98.4 Å². The summed E-state index contributed by atoms with van der Waals surface area (Å²) < 4.78 is 5.03. The van der Waals surface area contributed by atoms with Gasteiger partial charge in [-0.3, -0.25) is 14.8 Å². The highest BCUT2D eigenvalue weighted by molar-refractivity contribution is 6.21. The Labute approximate surface area is 309 Å². The van der Waals surface area contributed by atoms with Crippen molar-refractivity contribution in [1.82, 2.24) is 15.3 Å². The molecular weight excluding hydrogens is 661 g/mol. The number of allylic oxidation sites excluding steroid dienone is 12. The second-order valence-electron chi connectivity index (χ2n) is 14.0. The van der Waals surface area contributed by atoms with E-state index in [-0.39, 0.29) is 24.2 Å². The van der Waals surface area contributed by atoms with Gasteiger partial charge in [0.15, 0.2) is 0 Å². The molecule has 8 rings (SSSR count). The fourth-order valence-electron chi connectivity index (χ4n) is 7.94. The minimum Gasteiger partial charge on any atom is -0.511 e. The van der Waals surface area contributed by atoms with Crippen molar-refractivity contribution >= 4 is 23.1 Å². The van der Waals surface area contributed by atoms with Crippen LogP contribution >= 0.6 is 0 Å². The average Bonchev–Trinajstić information content (AvgIpc) is 3.92. The number of ether oxygens (including phenoxy) is 1. The van der Waals surface area contributed by atoms with E-state index in [2.05, 4.69) is 60.9 Å². The minimum absolute atomic E-state index is 0.0250. The molecule has 2 atom stereocenters. The number of carbonyl (C=O) groups excluding carboxylic acids is 1. The summed E-state index contributed by atoms with van der Waals surface area (Å²) in [5.74, 6) is 6.92. The predicted molar refractivity (Wildman–Crippen MR) is 208 cm³/mol. The molecule has 0 unspecified atom stereocenters. The lowest BCUT2D eigenvalue weighted by molar-refractivity contribution is -0.140. The second-order valence-corrected chi connectivity index (χ2v) is 14.0. The number of fused-ring (bicyclic) bond motifs is 5. The lowest BCUT2D eigenvalue weighted by atomic mass is 9.86. The van der Waals surface area contributed by atoms with Gasteiger partial charge in [-0.2, -0.15) is 0 Å². The van der Waals surface area contributed by atoms with Crippen LogP contribution in [0.15, 0.2) is 149 Å². The van der Waals surface area contributed by atoms with Crippen molar-refractivity contribution in [3.8, 4) is 23.2 Å². The summed E-state index contributed by atoms with van der Waals surface area (Å²) in [6.45, 7) is 10.5. The number of pyridine rings is 2. The fraction of sp³-hybridized carbons (Fsp3) is 0.273. The Kier molecular flexibility index (Phi) is 8.62. The molecule has 0 spiro atoms. The molecule has 1 fully saturated rings. The first kappa shape index (κ1) is 34.0. The number of aliphatic hydroxyl groups excluding tert-OH is 1. The molecule has 2 aromatic rings. The number of carbonyl (C=O) groups is 1. The van der Waals surface area contributed by atoms with Crippen LogP contribution in [0.1, 0.15) is 65.9 Å². The number of esters is 1. The fourth-order valence-corrected chi connectivity index (χ4v) is 7.94. The summed E-state index contributed by atoms with van der Waals surface area (Å²) >= 11 is 0. The van der Waals surface area contributed by atoms with Gasteiger partial charge in [0.05, 0.1) is 58.3 Å². The molecule has 2 N–H and O–H groups in total. The molecule has 264 valence electrons. The zero-order chi connectivity index (χ0) is 37.0. The molecule has 7 heterocycles. The van der Waals surface area contributed by atoms with Gasteiger partial charge >= 0.3 is 5.97 Å². The summed E-state index contributed by atoms with van der Waals surface area (Å²) in [5, 5.41) is 15.1. The van der Waals surface area contributed by atoms with Crippen LogP contribution < -0.4 is 5.32 Å². The number of aromatic nitrogens is 2. The maximum absolute atomic E-state index is 12.4. The van der Waals surface area contributed by atoms with E-state index in [1.807, 2.05) is 49.4 Å². The summed E-state index contributed by atoms with van der Waals surface area (Å²) in [6.07, 6.45) is 11.7. The number of methoxy groups -OCH3 is 1. The van der Waals surface area contributed by atoms with Crippen molar-refractivity contribution in [2.24, 2.45) is 26.8 Å². The van der Waals surface area contributed by atoms with Crippen LogP contribution in [0.25, 0.3) is 11.4 Å². The third kappa shape index (κ3) is 5.94. The Morgan fingerprint density at radius 3 is 2.51 bits per heavy atom. The van der Waals surface area contributed by atoms with Crippen LogP contribution in [0.2, 0.25) is 0 Å². The first-order valence-corrected chi connectivity index (χ1v) is 18.1. The highest BCUT2D eigenvalue weighted by Crippen LogP contribution is 2.46. The number of hydrogen-bond acceptors (Lipinski definition) is 9. The number of nitrogens with one attached hydrogen (secondary N) is 1. The van der Waals surface area contributed by atoms with Gasteiger partial charge in [-0.15, -0.1) is 0 Å². The lowest BCUT2D eigenvalue weighted by Gasteiger charge is -2.17. The standard InChI is InChI=1S/C44H40N6O3/c1-7-28-23(2)34-21-38-29(12-11-27-15-17-46-39(18-27)32-10-8-9-16-45-32)24(3)33(48-38)20-35-25(4)30(13-14-41(52)53-6)43(49-35)31-19-40(51)42-26(5)36(50-44(31)42)22-37(28)47-34/h8-10,15-18,20-22,25,30,49,51H,7,13-14,19H2,1-6H3/t25-,30-/m0/s1. The van der Waals surface area contributed by atoms with Crippen LogP contribution in [0, 0.1) is 23.7 Å². The molecule has 1 aliphatic carbocycles. The Balaban J connectivity index is 1.29. The smallest absolute Gasteiger partial charge is 0.305 e. The molecule has 0 aromatic carbocycles. The van der Waals surface area contributed by atoms with Crippen molar-refractivity contribution in [3.63, 3.8) is 0 Å². The monoisotopic (exact) mass is 700 g/mol. The number of rotatable bonds is 5. The van der Waals surface area contributed by atoms with Crippen LogP contribution in [0.3, 0.4) is 0 Å². The molecular formula is C44H40N6O3. The van der Waals surface area contributed by atoms with Crippen molar-refractivity contribution < 1.29 is 14.6 Å². The molecule has 1 saturated heterocycles. The second kappa shape index (κ2) is 13.4. The van der Waals surface area contributed by atoms with E-state index in [1.165, 1.54) is 7.11 Å². The molecule has 5 aliphatic heterocycles. The van der Waals surface area contributed by atoms with Gasteiger partial charge < -0.3 is 15.2 Å². The van der Waals surface area contributed by atoms with Gasteiger partial charge in [-0.1, -0.05) is 31.8 Å². The first-order valence-electron chi connectivity index (χ1n) is 18.1. The Morgan fingerprint density at radius 1 is 0.943 bits per heavy atom. The molecule has 9 nitrogen and oxygen atoms in total. The normalized spacial score (nSPS) is 21.6. The zero-order valence-electron chi connectivity index (χ0n) is 30.8. The van der Waals surface area contributed by atoms with Crippen molar-refractivity contribution in [2.75, 3.05) is 7.11 Å². The maximum Gasteiger partial charge on any atom is 0.305 e. The highest BCUT2D eigenvalue weighted by Gasteiger charge is 2.41. The molecule has 8 bridgehead atoms. The number of nitrogens with zero attached hydrogens (tertiary/aromatic N) is 5. The van der Waals surface area contributed by atoms with Gasteiger partial charge in [0.1, 0.15) is 5.76 Å². The SMILES string of the molecule is CCC1=C(C)C2=NC1=CC1=C(C)C3=C(O)CC(=C4NC(=CC5=NC(=C2)C(C#Cc2ccnc(-c6ccccn6)c2)=C5C)[C@@H](C)[C@@H]4CCC(=O)OC)C3=N1. The third-order valence-electron chi connectivity index (χ3n) is 11.0. The molecule has 53 heavy (non-hydrogen) atoms. The number of aliphatic imine (C=N–C) groups is 3. The van der Waals surface area contributed by atoms with Crippen molar-refractivity contribution in [3.05, 3.63) is 140 Å². The molecule has 0 saturated carbocycles. The van der Waals surface area contributed by atoms with Crippen LogP contribution in [0.4, 0.5) is 0 Å². The lowest BCUT2D eigenvalue weighted by Crippen LogP contribution is -2.16. The van der Waals surface area contributed by atoms with E-state index in [9.17, 15) is 9.90 Å². The van der Waals surface area contributed by atoms with E-state index in [0.717, 1.165) is 108 Å². The average molecular weight is 701 g/mol. The summed E-state index contributed by atoms with van der Waals surface area (Å²) in [6, 6.07) is 9.62. The number of hydrogen-bond donors (Lipinski definition) is 2. The number of aliphatic hydroxyl groups is 1. The van der Waals surface area contributed by atoms with Crippen LogP contribution in [-0.2, 0) is 9.53 Å². The Morgan fingerprint density at radius 2 is 1.74 bits per heavy atom. The minimum atomic E-state index is -0.250. The molecule has 0 radical (unpaired) electrons. The highest BCUT2D eigenvalue weighted by atomic mass is 16.5. The molecule has 0 amide bonds. The maximum atomic E-state index is 12.4. The zero-order valence-corrected chi connectivity index (χ0v) is 30.8. The van der Waals surface area contributed by atoms with Gasteiger partial charge in [0.25, 0.3) is 0 Å². The van der Waals surface area contributed by atoms with E-state index < -0.39 is 0 Å². The van der Waals surface area contributed by atoms with Crippen molar-refractivity contribution in [1.29, 1.82) is 0 Å². The van der Waals surface area contributed by atoms with Crippen molar-refractivity contribution in [2.45, 2.75) is 60.3 Å². The first-order chi connectivity index (χ1) is 25.6. The van der Waals surface area contributed by atoms with Gasteiger partial charge in [0.2, 0.25) is 0 Å². The topological polar surface area (TPSA) is 121 Å². The quantitative estimate of drug-likeness (QED) is 0.240. The summed E-state index contributed by atoms with van der Waals surface area (Å²) in [4.78, 5) is 36.9. The van der Waals surface area contributed by atoms with Gasteiger partial charge in [-0.25, -0.2) is 15.0 Å². The molecule has 9 heteroatoms. The Hall–Kier alpha value is -6.14. The largest absolute Gasteiger partial charge is 0.511 e. The Bertz CT molecular complexity index is 2430. The molecule has 6 aliphatic rings. The van der Waals surface area contributed by atoms with Crippen LogP contribution in [-0.4, -0.2) is 45.3 Å². The van der Waals surface area contributed by atoms with E-state index in [0.29, 0.717) is 18.6 Å². The van der Waals surface area contributed by atoms with Gasteiger partial charge in [0, 0.05) is 65.2 Å². The third-order valence-corrected chi connectivity index (χ3v) is 11.0. The van der Waals surface area contributed by atoms with E-state index >= 15 is 0 Å². The van der Waals surface area contributed by atoms with E-state index in [4.69, 9.17) is 19.7 Å². The van der Waals surface area contributed by atoms with Crippen LogP contribution in [0.5, 0.6) is 0 Å². The molecule has 2 aromatic heterocycles.